The molecule has 1 fully saturated rings. The molecule has 8 nitrogen and oxygen atoms in total. The summed E-state index contributed by atoms with van der Waals surface area (Å²) in [6.07, 6.45) is 0. The first-order chi connectivity index (χ1) is 9.77. The quantitative estimate of drug-likeness (QED) is 0.638. The summed E-state index contributed by atoms with van der Waals surface area (Å²) in [5, 5.41) is 10.8. The number of sulfonamides is 1. The minimum atomic E-state index is -3.88. The van der Waals surface area contributed by atoms with Gasteiger partial charge in [0.1, 0.15) is 10.6 Å². The molecule has 2 atom stereocenters. The van der Waals surface area contributed by atoms with E-state index in [0.29, 0.717) is 0 Å². The van der Waals surface area contributed by atoms with Gasteiger partial charge in [0.05, 0.1) is 12.0 Å². The van der Waals surface area contributed by atoms with Crippen molar-refractivity contribution in [3.63, 3.8) is 0 Å². The molecule has 10 heteroatoms. The number of nitrogens with two attached hydrogens (primary N) is 1. The summed E-state index contributed by atoms with van der Waals surface area (Å²) >= 11 is 0. The average Bonchev–Trinajstić information content (AvgIpc) is 2.78. The molecule has 1 aliphatic rings. The lowest BCUT2D eigenvalue weighted by Gasteiger charge is -2.17. The van der Waals surface area contributed by atoms with Crippen molar-refractivity contribution >= 4 is 28.1 Å². The van der Waals surface area contributed by atoms with E-state index in [1.165, 1.54) is 23.5 Å². The van der Waals surface area contributed by atoms with Crippen LogP contribution < -0.4 is 10.5 Å². The van der Waals surface area contributed by atoms with Gasteiger partial charge in [-0.3, -0.25) is 10.1 Å². The highest BCUT2D eigenvalue weighted by atomic mass is 35.5. The zero-order chi connectivity index (χ0) is 15.8. The lowest BCUT2D eigenvalue weighted by molar-refractivity contribution is -0.385. The molecule has 2 N–H and O–H groups in total. The molecular formula is C12H18ClN3O5S. The Morgan fingerprint density at radius 2 is 2.05 bits per heavy atom. The van der Waals surface area contributed by atoms with Crippen molar-refractivity contribution in [1.82, 2.24) is 4.31 Å². The number of rotatable bonds is 4. The third-order valence-corrected chi connectivity index (χ3v) is 5.47. The second kappa shape index (κ2) is 6.78. The summed E-state index contributed by atoms with van der Waals surface area (Å²) in [7, 11) is -2.56. The Hall–Kier alpha value is -1.42. The monoisotopic (exact) mass is 351 g/mol. The number of hydrogen-bond acceptors (Lipinski definition) is 6. The highest BCUT2D eigenvalue weighted by Gasteiger charge is 2.37. The third kappa shape index (κ3) is 3.32. The van der Waals surface area contributed by atoms with Gasteiger partial charge in [-0.15, -0.1) is 12.4 Å². The zero-order valence-corrected chi connectivity index (χ0v) is 13.8. The van der Waals surface area contributed by atoms with Gasteiger partial charge in [-0.25, -0.2) is 8.42 Å². The fourth-order valence-electron chi connectivity index (χ4n) is 2.26. The summed E-state index contributed by atoms with van der Waals surface area (Å²) in [6.45, 7) is 2.34. The molecule has 0 aliphatic carbocycles. The maximum atomic E-state index is 12.6. The Kier molecular flexibility index (Phi) is 5.74. The molecule has 22 heavy (non-hydrogen) atoms. The van der Waals surface area contributed by atoms with Crippen molar-refractivity contribution in [3.05, 3.63) is 28.3 Å². The maximum Gasteiger partial charge on any atom is 0.271 e. The van der Waals surface area contributed by atoms with Crippen LogP contribution in [0, 0.1) is 16.0 Å². The van der Waals surface area contributed by atoms with E-state index >= 15 is 0 Å². The van der Waals surface area contributed by atoms with Crippen LogP contribution in [0.1, 0.15) is 6.92 Å². The number of nitro groups is 1. The second-order valence-electron chi connectivity index (χ2n) is 5.06. The number of hydrogen-bond donors (Lipinski definition) is 1. The van der Waals surface area contributed by atoms with E-state index < -0.39 is 14.9 Å². The molecule has 1 aromatic rings. The molecular weight excluding hydrogens is 334 g/mol. The van der Waals surface area contributed by atoms with Gasteiger partial charge >= 0.3 is 0 Å². The van der Waals surface area contributed by atoms with Gasteiger partial charge < -0.3 is 10.5 Å². The first-order valence-corrected chi connectivity index (χ1v) is 7.79. The molecule has 0 amide bonds. The molecule has 0 radical (unpaired) electrons. The van der Waals surface area contributed by atoms with Crippen molar-refractivity contribution in [1.29, 1.82) is 0 Å². The van der Waals surface area contributed by atoms with Gasteiger partial charge in [-0.1, -0.05) is 6.92 Å². The largest absolute Gasteiger partial charge is 0.495 e. The highest BCUT2D eigenvalue weighted by molar-refractivity contribution is 7.89. The molecule has 0 bridgehead atoms. The average molecular weight is 352 g/mol. The number of non-ortho nitro benzene ring substituents is 1. The molecule has 2 unspecified atom stereocenters. The number of benzene rings is 1. The maximum absolute atomic E-state index is 12.6. The zero-order valence-electron chi connectivity index (χ0n) is 12.1. The summed E-state index contributed by atoms with van der Waals surface area (Å²) in [5.41, 5.74) is 5.55. The summed E-state index contributed by atoms with van der Waals surface area (Å²) in [4.78, 5) is 9.99. The molecule has 0 spiro atoms. The van der Waals surface area contributed by atoms with E-state index in [-0.39, 0.29) is 53.8 Å². The van der Waals surface area contributed by atoms with E-state index in [9.17, 15) is 18.5 Å². The minimum Gasteiger partial charge on any atom is -0.495 e. The lowest BCUT2D eigenvalue weighted by Crippen LogP contribution is -2.32. The number of nitro benzene ring substituents is 1. The number of ether oxygens (including phenoxy) is 1. The molecule has 1 saturated heterocycles. The first kappa shape index (κ1) is 18.6. The van der Waals surface area contributed by atoms with Crippen LogP contribution in [0.5, 0.6) is 5.75 Å². The van der Waals surface area contributed by atoms with Gasteiger partial charge in [-0.05, 0) is 12.0 Å². The van der Waals surface area contributed by atoms with E-state index in [1.54, 1.807) is 0 Å². The van der Waals surface area contributed by atoms with Gasteiger partial charge in [0, 0.05) is 31.3 Å². The normalized spacial score (nSPS) is 22.1. The molecule has 1 heterocycles. The standard InChI is InChI=1S/C12H17N3O5S.ClH/c1-8-6-14(7-10(8)13)21(18,19)12-5-9(15(16)17)3-4-11(12)20-2;/h3-5,8,10H,6-7,13H2,1-2H3;1H. The Morgan fingerprint density at radius 3 is 2.50 bits per heavy atom. The fraction of sp³-hybridized carbons (Fsp3) is 0.500. The number of methoxy groups -OCH3 is 1. The number of halogens is 1. The highest BCUT2D eigenvalue weighted by Crippen LogP contribution is 2.32. The van der Waals surface area contributed by atoms with Crippen molar-refractivity contribution in [2.75, 3.05) is 20.2 Å². The first-order valence-electron chi connectivity index (χ1n) is 6.35. The van der Waals surface area contributed by atoms with E-state index in [0.717, 1.165) is 6.07 Å². The molecule has 124 valence electrons. The molecule has 0 aromatic heterocycles. The Morgan fingerprint density at radius 1 is 1.41 bits per heavy atom. The van der Waals surface area contributed by atoms with Gasteiger partial charge in [0.25, 0.3) is 5.69 Å². The van der Waals surface area contributed by atoms with E-state index in [4.69, 9.17) is 10.5 Å². The van der Waals surface area contributed by atoms with Crippen LogP contribution >= 0.6 is 12.4 Å². The summed E-state index contributed by atoms with van der Waals surface area (Å²) in [5.74, 6) is 0.109. The Balaban J connectivity index is 0.00000242. The van der Waals surface area contributed by atoms with Gasteiger partial charge in [-0.2, -0.15) is 4.31 Å². The summed E-state index contributed by atoms with van der Waals surface area (Å²) in [6, 6.07) is 3.26. The Labute approximate surface area is 134 Å². The molecule has 1 aliphatic heterocycles. The van der Waals surface area contributed by atoms with Crippen LogP contribution in [0.4, 0.5) is 5.69 Å². The fourth-order valence-corrected chi connectivity index (χ4v) is 4.02. The topological polar surface area (TPSA) is 116 Å². The SMILES string of the molecule is COc1ccc([N+](=O)[O-])cc1S(=O)(=O)N1CC(C)C(N)C1.Cl. The number of nitrogens with zero attached hydrogens (tertiary/aromatic N) is 2. The van der Waals surface area contributed by atoms with E-state index in [2.05, 4.69) is 0 Å². The van der Waals surface area contributed by atoms with Crippen LogP contribution in [0.2, 0.25) is 0 Å². The van der Waals surface area contributed by atoms with Crippen LogP contribution in [-0.2, 0) is 10.0 Å². The minimum absolute atomic E-state index is 0. The smallest absolute Gasteiger partial charge is 0.271 e. The van der Waals surface area contributed by atoms with Crippen LogP contribution in [0.25, 0.3) is 0 Å². The summed E-state index contributed by atoms with van der Waals surface area (Å²) < 4.78 is 31.6. The van der Waals surface area contributed by atoms with Gasteiger partial charge in [0.15, 0.2) is 0 Å². The third-order valence-electron chi connectivity index (χ3n) is 3.61. The van der Waals surface area contributed by atoms with E-state index in [1.807, 2.05) is 6.92 Å². The van der Waals surface area contributed by atoms with Crippen molar-refractivity contribution in [3.8, 4) is 5.75 Å². The van der Waals surface area contributed by atoms with Crippen LogP contribution in [-0.4, -0.2) is 43.9 Å². The van der Waals surface area contributed by atoms with Crippen molar-refractivity contribution < 1.29 is 18.1 Å². The van der Waals surface area contributed by atoms with Gasteiger partial charge in [0.2, 0.25) is 10.0 Å². The van der Waals surface area contributed by atoms with Crippen LogP contribution in [0.3, 0.4) is 0 Å². The molecule has 2 rings (SSSR count). The van der Waals surface area contributed by atoms with Crippen LogP contribution in [0.15, 0.2) is 23.1 Å². The van der Waals surface area contributed by atoms with Crippen molar-refractivity contribution in [2.24, 2.45) is 11.7 Å². The lowest BCUT2D eigenvalue weighted by atomic mass is 10.1. The second-order valence-corrected chi connectivity index (χ2v) is 6.96. The molecule has 0 saturated carbocycles. The predicted octanol–water partition coefficient (Wildman–Crippen LogP) is 0.993. The van der Waals surface area contributed by atoms with Crippen molar-refractivity contribution in [2.45, 2.75) is 17.9 Å². The predicted molar refractivity (Wildman–Crippen MR) is 82.8 cm³/mol. The Bertz CT molecular complexity index is 657. The molecule has 1 aromatic carbocycles.